The average Bonchev–Trinajstić information content (AvgIpc) is 2.37. The van der Waals surface area contributed by atoms with E-state index >= 15 is 0 Å². The van der Waals surface area contributed by atoms with Crippen LogP contribution in [-0.2, 0) is 5.41 Å². The molecular formula is C17H20N2OS. The van der Waals surface area contributed by atoms with Gasteiger partial charge in [0.1, 0.15) is 10.7 Å². The fourth-order valence-corrected chi connectivity index (χ4v) is 2.29. The van der Waals surface area contributed by atoms with Crippen molar-refractivity contribution in [3.8, 4) is 11.5 Å². The van der Waals surface area contributed by atoms with Crippen molar-refractivity contribution < 1.29 is 4.74 Å². The van der Waals surface area contributed by atoms with Crippen LogP contribution < -0.4 is 10.5 Å². The van der Waals surface area contributed by atoms with Gasteiger partial charge in [0.15, 0.2) is 5.75 Å². The van der Waals surface area contributed by atoms with Gasteiger partial charge in [-0.2, -0.15) is 0 Å². The fraction of sp³-hybridized carbons (Fsp3) is 0.294. The Morgan fingerprint density at radius 3 is 2.52 bits per heavy atom. The molecule has 3 nitrogen and oxygen atoms in total. The van der Waals surface area contributed by atoms with E-state index in [0.717, 1.165) is 16.9 Å². The van der Waals surface area contributed by atoms with Gasteiger partial charge in [-0.15, -0.1) is 0 Å². The first-order valence-electron chi connectivity index (χ1n) is 6.82. The molecule has 0 amide bonds. The van der Waals surface area contributed by atoms with Gasteiger partial charge in [-0.05, 0) is 30.0 Å². The smallest absolute Gasteiger partial charge is 0.155 e. The standard InChI is InChI=1S/C17H20N2OS/c1-11-5-6-13(17(2,3)4)14(9-11)20-15-10-19-8-7-12(15)16(18)21/h5-10H,1-4H3,(H2,18,21). The molecule has 0 unspecified atom stereocenters. The monoisotopic (exact) mass is 300 g/mol. The van der Waals surface area contributed by atoms with Crippen LogP contribution in [0.3, 0.4) is 0 Å². The second-order valence-electron chi connectivity index (χ2n) is 6.09. The molecule has 4 heteroatoms. The Bertz CT molecular complexity index is 675. The van der Waals surface area contributed by atoms with Crippen molar-refractivity contribution in [2.45, 2.75) is 33.1 Å². The third-order valence-corrected chi connectivity index (χ3v) is 3.43. The number of nitrogens with zero attached hydrogens (tertiary/aromatic N) is 1. The largest absolute Gasteiger partial charge is 0.455 e. The molecule has 0 spiro atoms. The molecule has 2 N–H and O–H groups in total. The summed E-state index contributed by atoms with van der Waals surface area (Å²) in [5, 5.41) is 0. The molecule has 0 saturated carbocycles. The van der Waals surface area contributed by atoms with Crippen LogP contribution in [0.5, 0.6) is 11.5 Å². The highest BCUT2D eigenvalue weighted by molar-refractivity contribution is 7.80. The van der Waals surface area contributed by atoms with Crippen molar-refractivity contribution in [1.82, 2.24) is 4.98 Å². The molecule has 1 aromatic carbocycles. The number of hydrogen-bond acceptors (Lipinski definition) is 3. The van der Waals surface area contributed by atoms with Gasteiger partial charge >= 0.3 is 0 Å². The number of benzene rings is 1. The lowest BCUT2D eigenvalue weighted by Crippen LogP contribution is -2.14. The van der Waals surface area contributed by atoms with Crippen LogP contribution in [0.1, 0.15) is 37.5 Å². The minimum absolute atomic E-state index is 0.0192. The molecule has 0 aliphatic carbocycles. The van der Waals surface area contributed by atoms with Gasteiger partial charge in [0.2, 0.25) is 0 Å². The fourth-order valence-electron chi connectivity index (χ4n) is 2.12. The molecule has 0 bridgehead atoms. The van der Waals surface area contributed by atoms with Crippen LogP contribution in [0.25, 0.3) is 0 Å². The van der Waals surface area contributed by atoms with Crippen molar-refractivity contribution in [2.75, 3.05) is 0 Å². The molecule has 0 fully saturated rings. The number of nitrogens with two attached hydrogens (primary N) is 1. The van der Waals surface area contributed by atoms with Gasteiger partial charge in [-0.1, -0.05) is 45.1 Å². The number of aromatic nitrogens is 1. The predicted molar refractivity (Wildman–Crippen MR) is 90.1 cm³/mol. The third-order valence-electron chi connectivity index (χ3n) is 3.22. The Morgan fingerprint density at radius 1 is 1.19 bits per heavy atom. The van der Waals surface area contributed by atoms with Crippen molar-refractivity contribution >= 4 is 17.2 Å². The zero-order valence-corrected chi connectivity index (χ0v) is 13.6. The molecule has 1 aromatic heterocycles. The minimum Gasteiger partial charge on any atom is -0.455 e. The Kier molecular flexibility index (Phi) is 4.28. The number of hydrogen-bond donors (Lipinski definition) is 1. The molecular weight excluding hydrogens is 280 g/mol. The van der Waals surface area contributed by atoms with Crippen LogP contribution in [0, 0.1) is 6.92 Å². The summed E-state index contributed by atoms with van der Waals surface area (Å²) in [5.41, 5.74) is 8.69. The van der Waals surface area contributed by atoms with Crippen LogP contribution in [0.15, 0.2) is 36.7 Å². The van der Waals surface area contributed by atoms with E-state index in [0.29, 0.717) is 16.3 Å². The zero-order chi connectivity index (χ0) is 15.6. The summed E-state index contributed by atoms with van der Waals surface area (Å²) in [6, 6.07) is 7.98. The van der Waals surface area contributed by atoms with Crippen LogP contribution in [-0.4, -0.2) is 9.97 Å². The minimum atomic E-state index is -0.0192. The summed E-state index contributed by atoms with van der Waals surface area (Å²) in [6.07, 6.45) is 3.30. The quantitative estimate of drug-likeness (QED) is 0.866. The first kappa shape index (κ1) is 15.4. The molecule has 21 heavy (non-hydrogen) atoms. The molecule has 0 aliphatic heterocycles. The summed E-state index contributed by atoms with van der Waals surface area (Å²) in [6.45, 7) is 8.50. The molecule has 0 saturated heterocycles. The van der Waals surface area contributed by atoms with Crippen molar-refractivity contribution in [3.63, 3.8) is 0 Å². The molecule has 110 valence electrons. The lowest BCUT2D eigenvalue weighted by molar-refractivity contribution is 0.452. The van der Waals surface area contributed by atoms with Gasteiger partial charge < -0.3 is 10.5 Å². The molecule has 0 radical (unpaired) electrons. The summed E-state index contributed by atoms with van der Waals surface area (Å²) in [4.78, 5) is 4.40. The highest BCUT2D eigenvalue weighted by Crippen LogP contribution is 2.35. The van der Waals surface area contributed by atoms with Gasteiger partial charge in [-0.3, -0.25) is 4.98 Å². The van der Waals surface area contributed by atoms with E-state index in [4.69, 9.17) is 22.7 Å². The van der Waals surface area contributed by atoms with Crippen molar-refractivity contribution in [2.24, 2.45) is 5.73 Å². The predicted octanol–water partition coefficient (Wildman–Crippen LogP) is 4.11. The van der Waals surface area contributed by atoms with E-state index < -0.39 is 0 Å². The first-order valence-corrected chi connectivity index (χ1v) is 7.22. The van der Waals surface area contributed by atoms with Gasteiger partial charge in [-0.25, -0.2) is 0 Å². The van der Waals surface area contributed by atoms with Gasteiger partial charge in [0.25, 0.3) is 0 Å². The number of thiocarbonyl (C=S) groups is 1. The molecule has 1 heterocycles. The van der Waals surface area contributed by atoms with E-state index in [2.05, 4.69) is 37.9 Å². The maximum atomic E-state index is 6.08. The molecule has 0 atom stereocenters. The number of aryl methyl sites for hydroxylation is 1. The molecule has 0 aliphatic rings. The van der Waals surface area contributed by atoms with Crippen LogP contribution in [0.4, 0.5) is 0 Å². The Balaban J connectivity index is 2.49. The zero-order valence-electron chi connectivity index (χ0n) is 12.8. The Hall–Kier alpha value is -1.94. The number of pyridine rings is 1. The van der Waals surface area contributed by atoms with Gasteiger partial charge in [0.05, 0.1) is 11.8 Å². The maximum absolute atomic E-state index is 6.08. The van der Waals surface area contributed by atoms with Gasteiger partial charge in [0, 0.05) is 11.8 Å². The summed E-state index contributed by atoms with van der Waals surface area (Å²) >= 11 is 5.07. The summed E-state index contributed by atoms with van der Waals surface area (Å²) < 4.78 is 6.08. The third kappa shape index (κ3) is 3.58. The summed E-state index contributed by atoms with van der Waals surface area (Å²) in [7, 11) is 0. The van der Waals surface area contributed by atoms with E-state index in [-0.39, 0.29) is 5.41 Å². The van der Waals surface area contributed by atoms with Crippen molar-refractivity contribution in [1.29, 1.82) is 0 Å². The highest BCUT2D eigenvalue weighted by Gasteiger charge is 2.20. The van der Waals surface area contributed by atoms with Crippen LogP contribution >= 0.6 is 12.2 Å². The number of rotatable bonds is 3. The SMILES string of the molecule is Cc1ccc(C(C)(C)C)c(Oc2cnccc2C(N)=S)c1. The second kappa shape index (κ2) is 5.82. The normalized spacial score (nSPS) is 11.2. The van der Waals surface area contributed by atoms with E-state index in [1.165, 1.54) is 0 Å². The van der Waals surface area contributed by atoms with E-state index in [1.54, 1.807) is 18.5 Å². The van der Waals surface area contributed by atoms with E-state index in [9.17, 15) is 0 Å². The van der Waals surface area contributed by atoms with E-state index in [1.807, 2.05) is 13.0 Å². The molecule has 2 rings (SSSR count). The second-order valence-corrected chi connectivity index (χ2v) is 6.53. The Labute approximate surface area is 131 Å². The lowest BCUT2D eigenvalue weighted by atomic mass is 9.86. The lowest BCUT2D eigenvalue weighted by Gasteiger charge is -2.23. The summed E-state index contributed by atoms with van der Waals surface area (Å²) in [5.74, 6) is 1.40. The average molecular weight is 300 g/mol. The maximum Gasteiger partial charge on any atom is 0.155 e. The Morgan fingerprint density at radius 2 is 1.90 bits per heavy atom. The van der Waals surface area contributed by atoms with Crippen LogP contribution in [0.2, 0.25) is 0 Å². The van der Waals surface area contributed by atoms with Crippen molar-refractivity contribution in [3.05, 3.63) is 53.3 Å². The number of ether oxygens (including phenoxy) is 1. The highest BCUT2D eigenvalue weighted by atomic mass is 32.1. The first-order chi connectivity index (χ1) is 9.79. The topological polar surface area (TPSA) is 48.1 Å². The molecule has 2 aromatic rings.